The van der Waals surface area contributed by atoms with Crippen molar-refractivity contribution in [1.29, 1.82) is 0 Å². The van der Waals surface area contributed by atoms with Crippen LogP contribution in [-0.2, 0) is 14.3 Å². The van der Waals surface area contributed by atoms with Gasteiger partial charge >= 0.3 is 11.9 Å². The predicted octanol–water partition coefficient (Wildman–Crippen LogP) is 2.27. The zero-order chi connectivity index (χ0) is 13.4. The summed E-state index contributed by atoms with van der Waals surface area (Å²) in [6, 6.07) is 8.94. The van der Waals surface area contributed by atoms with Crippen molar-refractivity contribution in [3.05, 3.63) is 54.1 Å². The smallest absolute Gasteiger partial charge is 0.332 e. The zero-order valence-corrected chi connectivity index (χ0v) is 9.83. The molecule has 94 valence electrons. The monoisotopic (exact) mass is 246 g/mol. The van der Waals surface area contributed by atoms with Gasteiger partial charge in [-0.25, -0.2) is 4.79 Å². The molecule has 1 N–H and O–H groups in total. The Kier molecular flexibility index (Phi) is 5.38. The number of hydrogen-bond donors (Lipinski definition) is 1. The van der Waals surface area contributed by atoms with Crippen LogP contribution in [0, 0.1) is 0 Å². The molecule has 4 heteroatoms. The summed E-state index contributed by atoms with van der Waals surface area (Å²) in [7, 11) is 0. The second-order valence-electron chi connectivity index (χ2n) is 3.53. The molecule has 0 spiro atoms. The highest BCUT2D eigenvalue weighted by Gasteiger charge is 2.13. The number of hydrogen-bond acceptors (Lipinski definition) is 3. The van der Waals surface area contributed by atoms with E-state index in [0.717, 1.165) is 5.56 Å². The second kappa shape index (κ2) is 7.06. The van der Waals surface area contributed by atoms with Crippen LogP contribution >= 0.6 is 0 Å². The molecular formula is C14H14O4. The topological polar surface area (TPSA) is 63.6 Å². The highest BCUT2D eigenvalue weighted by atomic mass is 16.5. The van der Waals surface area contributed by atoms with Crippen LogP contribution in [0.4, 0.5) is 0 Å². The predicted molar refractivity (Wildman–Crippen MR) is 67.8 cm³/mol. The van der Waals surface area contributed by atoms with Gasteiger partial charge in [0.2, 0.25) is 0 Å². The van der Waals surface area contributed by atoms with Crippen molar-refractivity contribution in [2.45, 2.75) is 6.42 Å². The lowest BCUT2D eigenvalue weighted by Gasteiger charge is -2.03. The molecule has 0 radical (unpaired) electrons. The number of rotatable bonds is 6. The van der Waals surface area contributed by atoms with Crippen molar-refractivity contribution in [2.24, 2.45) is 0 Å². The van der Waals surface area contributed by atoms with E-state index < -0.39 is 11.9 Å². The van der Waals surface area contributed by atoms with E-state index >= 15 is 0 Å². The largest absolute Gasteiger partial charge is 0.478 e. The Hall–Kier alpha value is -2.36. The fraction of sp³-hybridized carbons (Fsp3) is 0.143. The number of carbonyl (C=O) groups is 2. The number of carboxylic acids is 1. The molecule has 0 bridgehead atoms. The van der Waals surface area contributed by atoms with Crippen LogP contribution in [0.15, 0.2) is 48.6 Å². The van der Waals surface area contributed by atoms with Gasteiger partial charge in [0.25, 0.3) is 0 Å². The number of aliphatic carboxylic acids is 1. The lowest BCUT2D eigenvalue weighted by molar-refractivity contribution is -0.143. The first-order valence-electron chi connectivity index (χ1n) is 5.39. The Morgan fingerprint density at radius 3 is 2.50 bits per heavy atom. The molecule has 0 fully saturated rings. The third kappa shape index (κ3) is 4.65. The third-order valence-electron chi connectivity index (χ3n) is 2.11. The van der Waals surface area contributed by atoms with Crippen LogP contribution in [0.2, 0.25) is 0 Å². The summed E-state index contributed by atoms with van der Waals surface area (Å²) in [5.41, 5.74) is 0.724. The van der Waals surface area contributed by atoms with Crippen molar-refractivity contribution < 1.29 is 19.4 Å². The standard InChI is InChI=1S/C14H14O4/c1-2-8-18-13(15)10-12(14(16)17)9-11-6-4-3-5-7-11/h2-7,9H,1,8,10H2,(H,16,17)/b12-9-. The molecule has 1 aromatic carbocycles. The maximum absolute atomic E-state index is 11.3. The van der Waals surface area contributed by atoms with E-state index in [-0.39, 0.29) is 18.6 Å². The highest BCUT2D eigenvalue weighted by Crippen LogP contribution is 2.11. The lowest BCUT2D eigenvalue weighted by atomic mass is 10.1. The van der Waals surface area contributed by atoms with Gasteiger partial charge in [-0.1, -0.05) is 43.0 Å². The normalized spacial score (nSPS) is 10.8. The van der Waals surface area contributed by atoms with E-state index in [1.165, 1.54) is 12.2 Å². The Balaban J connectivity index is 2.78. The van der Waals surface area contributed by atoms with E-state index in [0.29, 0.717) is 0 Å². The summed E-state index contributed by atoms with van der Waals surface area (Å²) >= 11 is 0. The lowest BCUT2D eigenvalue weighted by Crippen LogP contribution is -2.10. The van der Waals surface area contributed by atoms with Crippen LogP contribution in [0.25, 0.3) is 6.08 Å². The van der Waals surface area contributed by atoms with Crippen LogP contribution < -0.4 is 0 Å². The minimum atomic E-state index is -1.13. The van der Waals surface area contributed by atoms with E-state index in [1.807, 2.05) is 6.07 Å². The summed E-state index contributed by atoms with van der Waals surface area (Å²) in [5.74, 6) is -1.71. The second-order valence-corrected chi connectivity index (χ2v) is 3.53. The summed E-state index contributed by atoms with van der Waals surface area (Å²) < 4.78 is 4.75. The van der Waals surface area contributed by atoms with Gasteiger partial charge in [-0.2, -0.15) is 0 Å². The Morgan fingerprint density at radius 2 is 1.94 bits per heavy atom. The van der Waals surface area contributed by atoms with E-state index in [1.54, 1.807) is 24.3 Å². The van der Waals surface area contributed by atoms with Gasteiger partial charge in [0.15, 0.2) is 0 Å². The van der Waals surface area contributed by atoms with Crippen molar-refractivity contribution in [2.75, 3.05) is 6.61 Å². The molecule has 0 atom stereocenters. The average Bonchev–Trinajstić information content (AvgIpc) is 2.36. The van der Waals surface area contributed by atoms with Crippen molar-refractivity contribution in [1.82, 2.24) is 0 Å². The number of ether oxygens (including phenoxy) is 1. The summed E-state index contributed by atoms with van der Waals surface area (Å²) in [6.07, 6.45) is 2.62. The molecule has 0 aliphatic carbocycles. The number of carbonyl (C=O) groups excluding carboxylic acids is 1. The SMILES string of the molecule is C=CCOC(=O)C/C(=C/c1ccccc1)C(=O)O. The van der Waals surface area contributed by atoms with E-state index in [9.17, 15) is 9.59 Å². The van der Waals surface area contributed by atoms with Gasteiger partial charge in [0, 0.05) is 5.57 Å². The van der Waals surface area contributed by atoms with Crippen LogP contribution in [0.5, 0.6) is 0 Å². The van der Waals surface area contributed by atoms with E-state index in [4.69, 9.17) is 9.84 Å². The maximum atomic E-state index is 11.3. The Morgan fingerprint density at radius 1 is 1.28 bits per heavy atom. The van der Waals surface area contributed by atoms with E-state index in [2.05, 4.69) is 6.58 Å². The molecule has 0 saturated heterocycles. The molecule has 1 aromatic rings. The molecule has 0 aliphatic rings. The molecule has 0 aliphatic heterocycles. The van der Waals surface area contributed by atoms with Gasteiger partial charge in [-0.05, 0) is 11.6 Å². The van der Waals surface area contributed by atoms with Gasteiger partial charge in [0.1, 0.15) is 6.61 Å². The minimum absolute atomic E-state index is 0.00439. The molecule has 0 amide bonds. The van der Waals surface area contributed by atoms with Crippen molar-refractivity contribution >= 4 is 18.0 Å². The molecule has 0 heterocycles. The molecule has 1 rings (SSSR count). The number of benzene rings is 1. The van der Waals surface area contributed by atoms with Gasteiger partial charge in [-0.3, -0.25) is 4.79 Å². The Bertz CT molecular complexity index is 460. The molecule has 4 nitrogen and oxygen atoms in total. The highest BCUT2D eigenvalue weighted by molar-refractivity contribution is 5.97. The van der Waals surface area contributed by atoms with Gasteiger partial charge < -0.3 is 9.84 Å². The third-order valence-corrected chi connectivity index (χ3v) is 2.11. The van der Waals surface area contributed by atoms with Gasteiger partial charge in [-0.15, -0.1) is 0 Å². The molecular weight excluding hydrogens is 232 g/mol. The first-order chi connectivity index (χ1) is 8.63. The summed E-state index contributed by atoms with van der Waals surface area (Å²) in [5, 5.41) is 9.01. The number of esters is 1. The molecule has 0 unspecified atom stereocenters. The van der Waals surface area contributed by atoms with Crippen LogP contribution in [-0.4, -0.2) is 23.7 Å². The molecule has 0 aromatic heterocycles. The quantitative estimate of drug-likeness (QED) is 0.475. The van der Waals surface area contributed by atoms with Crippen LogP contribution in [0.3, 0.4) is 0 Å². The fourth-order valence-corrected chi connectivity index (χ4v) is 1.30. The van der Waals surface area contributed by atoms with Gasteiger partial charge in [0.05, 0.1) is 6.42 Å². The van der Waals surface area contributed by atoms with Crippen molar-refractivity contribution in [3.63, 3.8) is 0 Å². The minimum Gasteiger partial charge on any atom is -0.478 e. The first-order valence-corrected chi connectivity index (χ1v) is 5.39. The fourth-order valence-electron chi connectivity index (χ4n) is 1.30. The summed E-state index contributed by atoms with van der Waals surface area (Å²) in [6.45, 7) is 3.49. The summed E-state index contributed by atoms with van der Waals surface area (Å²) in [4.78, 5) is 22.3. The molecule has 18 heavy (non-hydrogen) atoms. The first kappa shape index (κ1) is 13.7. The van der Waals surface area contributed by atoms with Crippen LogP contribution in [0.1, 0.15) is 12.0 Å². The molecule has 0 saturated carbocycles. The number of carboxylic acid groups (broad SMARTS) is 1. The Labute approximate surface area is 105 Å². The maximum Gasteiger partial charge on any atom is 0.332 e. The zero-order valence-electron chi connectivity index (χ0n) is 9.83. The average molecular weight is 246 g/mol. The van der Waals surface area contributed by atoms with Crippen molar-refractivity contribution in [3.8, 4) is 0 Å².